The number of thiazole rings is 1. The van der Waals surface area contributed by atoms with Crippen LogP contribution < -0.4 is 10.2 Å². The zero-order chi connectivity index (χ0) is 32.9. The van der Waals surface area contributed by atoms with E-state index >= 15 is 0 Å². The molecule has 1 aliphatic rings. The van der Waals surface area contributed by atoms with Crippen LogP contribution in [0.25, 0.3) is 11.3 Å². The van der Waals surface area contributed by atoms with E-state index in [9.17, 15) is 14.4 Å². The van der Waals surface area contributed by atoms with Crippen LogP contribution in [-0.2, 0) is 20.9 Å². The third-order valence-electron chi connectivity index (χ3n) is 7.21. The lowest BCUT2D eigenvalue weighted by atomic mass is 10.0. The van der Waals surface area contributed by atoms with E-state index in [4.69, 9.17) is 32.9 Å². The lowest BCUT2D eigenvalue weighted by molar-refractivity contribution is -0.126. The summed E-state index contributed by atoms with van der Waals surface area (Å²) in [5.74, 6) is -0.288. The number of anilines is 1. The van der Waals surface area contributed by atoms with Gasteiger partial charge in [-0.15, -0.1) is 11.3 Å². The highest BCUT2D eigenvalue weighted by Crippen LogP contribution is 2.35. The normalized spacial score (nSPS) is 14.9. The van der Waals surface area contributed by atoms with Crippen molar-refractivity contribution < 1.29 is 19.1 Å². The maximum absolute atomic E-state index is 13.1. The third kappa shape index (κ3) is 9.83. The van der Waals surface area contributed by atoms with Crippen LogP contribution in [0.2, 0.25) is 10.0 Å². The van der Waals surface area contributed by atoms with Gasteiger partial charge in [-0.25, -0.2) is 9.78 Å². The van der Waals surface area contributed by atoms with Gasteiger partial charge >= 0.3 is 6.09 Å². The Morgan fingerprint density at radius 3 is 2.49 bits per heavy atom. The van der Waals surface area contributed by atoms with E-state index in [1.54, 1.807) is 41.7 Å². The average molecular weight is 693 g/mol. The van der Waals surface area contributed by atoms with Crippen LogP contribution in [-0.4, -0.2) is 69.9 Å². The number of hydrogen-bond donors (Lipinski definition) is 1. The van der Waals surface area contributed by atoms with E-state index in [1.807, 2.05) is 52.1 Å². The Hall–Kier alpha value is -2.83. The number of carbonyl (C=O) groups excluding carboxylic acids is 3. The predicted octanol–water partition coefficient (Wildman–Crippen LogP) is 7.51. The topological polar surface area (TPSA) is 95.1 Å². The van der Waals surface area contributed by atoms with E-state index in [2.05, 4.69) is 10.2 Å². The second kappa shape index (κ2) is 15.2. The number of likely N-dealkylation sites (N-methyl/N-ethyl adjacent to an activating group) is 1. The molecule has 1 aromatic heterocycles. The van der Waals surface area contributed by atoms with Crippen LogP contribution in [0, 0.1) is 0 Å². The Kier molecular flexibility index (Phi) is 11.8. The molecule has 242 valence electrons. The summed E-state index contributed by atoms with van der Waals surface area (Å²) < 4.78 is 7.89. The SMILES string of the molecule is CC(=O)N(Sc1nc(-c2cccc(N(C)C(=O)[C@H](C)NC(=O)OC(C)(C)C)c2)cs1)C1CCN(Cc2ccc(Cl)c(Cl)c2)CC1. The maximum atomic E-state index is 13.1. The van der Waals surface area contributed by atoms with Gasteiger partial charge in [0.2, 0.25) is 11.8 Å². The van der Waals surface area contributed by atoms with Crippen LogP contribution in [0.4, 0.5) is 10.5 Å². The van der Waals surface area contributed by atoms with Crippen molar-refractivity contribution >= 4 is 70.1 Å². The van der Waals surface area contributed by atoms with Crippen molar-refractivity contribution in [2.45, 2.75) is 76.0 Å². The maximum Gasteiger partial charge on any atom is 0.408 e. The van der Waals surface area contributed by atoms with E-state index < -0.39 is 17.7 Å². The van der Waals surface area contributed by atoms with E-state index in [-0.39, 0.29) is 17.9 Å². The van der Waals surface area contributed by atoms with Crippen LogP contribution in [0.15, 0.2) is 52.2 Å². The molecule has 3 amide bonds. The molecule has 1 saturated heterocycles. The number of alkyl carbamates (subject to hydrolysis) is 1. The van der Waals surface area contributed by atoms with Crippen molar-refractivity contribution in [1.29, 1.82) is 0 Å². The fourth-order valence-corrected chi connectivity index (χ4v) is 7.18. The third-order valence-corrected chi connectivity index (χ3v) is 10.1. The number of hydrogen-bond acceptors (Lipinski definition) is 8. The molecule has 0 bridgehead atoms. The number of ether oxygens (including phenoxy) is 1. The predicted molar refractivity (Wildman–Crippen MR) is 183 cm³/mol. The molecule has 1 aliphatic heterocycles. The molecule has 1 fully saturated rings. The number of nitrogens with one attached hydrogen (secondary N) is 1. The van der Waals surface area contributed by atoms with Gasteiger partial charge in [-0.05, 0) is 70.4 Å². The summed E-state index contributed by atoms with van der Waals surface area (Å²) in [6, 6.07) is 12.5. The number of halogens is 2. The molecule has 2 heterocycles. The molecule has 0 unspecified atom stereocenters. The summed E-state index contributed by atoms with van der Waals surface area (Å²) in [7, 11) is 1.66. The van der Waals surface area contributed by atoms with Gasteiger partial charge in [0.1, 0.15) is 11.6 Å². The molecule has 0 radical (unpaired) electrons. The Morgan fingerprint density at radius 1 is 1.13 bits per heavy atom. The van der Waals surface area contributed by atoms with Gasteiger partial charge in [0.25, 0.3) is 0 Å². The molecule has 2 aromatic carbocycles. The highest BCUT2D eigenvalue weighted by atomic mass is 35.5. The van der Waals surface area contributed by atoms with E-state index in [0.717, 1.165) is 53.6 Å². The molecule has 13 heteroatoms. The minimum absolute atomic E-state index is 0.00377. The van der Waals surface area contributed by atoms with Crippen molar-refractivity contribution in [2.75, 3.05) is 25.0 Å². The monoisotopic (exact) mass is 691 g/mol. The molecule has 0 spiro atoms. The molecule has 3 aromatic rings. The molecule has 1 atom stereocenters. The number of carbonyl (C=O) groups is 3. The zero-order valence-electron chi connectivity index (χ0n) is 26.3. The Morgan fingerprint density at radius 2 is 1.84 bits per heavy atom. The first kappa shape index (κ1) is 35.0. The number of nitrogens with zero attached hydrogens (tertiary/aromatic N) is 4. The minimum atomic E-state index is -0.781. The van der Waals surface area contributed by atoms with Gasteiger partial charge in [0, 0.05) is 68.2 Å². The standard InChI is InChI=1S/C32H39Cl2N5O4S2/c1-20(35-30(42)43-32(3,4)5)29(41)37(6)25-9-7-8-23(17-25)28-19-44-31(36-28)45-39(21(2)40)24-12-14-38(15-13-24)18-22-10-11-26(33)27(34)16-22/h7-11,16-17,19-20,24H,12-15,18H2,1-6H3,(H,35,42)/t20-/m0/s1. The lowest BCUT2D eigenvalue weighted by Crippen LogP contribution is -2.47. The van der Waals surface area contributed by atoms with Crippen LogP contribution in [0.1, 0.15) is 53.0 Å². The van der Waals surface area contributed by atoms with Crippen LogP contribution >= 0.6 is 46.5 Å². The molecular weight excluding hydrogens is 653 g/mol. The van der Waals surface area contributed by atoms with Gasteiger partial charge in [-0.1, -0.05) is 41.4 Å². The quantitative estimate of drug-likeness (QED) is 0.232. The van der Waals surface area contributed by atoms with Crippen molar-refractivity contribution in [1.82, 2.24) is 19.5 Å². The lowest BCUT2D eigenvalue weighted by Gasteiger charge is -2.37. The second-order valence-corrected chi connectivity index (χ2v) is 14.9. The summed E-state index contributed by atoms with van der Waals surface area (Å²) in [5, 5.41) is 5.66. The summed E-state index contributed by atoms with van der Waals surface area (Å²) in [4.78, 5) is 46.6. The Labute approximate surface area is 283 Å². The number of benzene rings is 2. The molecule has 9 nitrogen and oxygen atoms in total. The van der Waals surface area contributed by atoms with Gasteiger partial charge < -0.3 is 15.0 Å². The van der Waals surface area contributed by atoms with E-state index in [0.29, 0.717) is 15.7 Å². The largest absolute Gasteiger partial charge is 0.444 e. The van der Waals surface area contributed by atoms with Crippen molar-refractivity contribution in [3.63, 3.8) is 0 Å². The first-order chi connectivity index (χ1) is 21.2. The number of piperidine rings is 1. The number of amides is 3. The first-order valence-electron chi connectivity index (χ1n) is 14.7. The summed E-state index contributed by atoms with van der Waals surface area (Å²) in [5.41, 5.74) is 2.71. The second-order valence-electron chi connectivity index (χ2n) is 12.0. The van der Waals surface area contributed by atoms with Crippen molar-refractivity contribution in [3.05, 3.63) is 63.5 Å². The summed E-state index contributed by atoms with van der Waals surface area (Å²) >= 11 is 15.1. The summed E-state index contributed by atoms with van der Waals surface area (Å²) in [6.07, 6.45) is 1.07. The molecule has 45 heavy (non-hydrogen) atoms. The van der Waals surface area contributed by atoms with Gasteiger partial charge in [0.15, 0.2) is 4.34 Å². The number of rotatable bonds is 9. The molecule has 4 rings (SSSR count). The molecule has 0 aliphatic carbocycles. The van der Waals surface area contributed by atoms with Gasteiger partial charge in [-0.2, -0.15) is 0 Å². The van der Waals surface area contributed by atoms with Gasteiger partial charge in [-0.3, -0.25) is 18.8 Å². The number of likely N-dealkylation sites (tertiary alicyclic amines) is 1. The molecular formula is C32H39Cl2N5O4S2. The smallest absolute Gasteiger partial charge is 0.408 e. The Bertz CT molecular complexity index is 1520. The number of aromatic nitrogens is 1. The minimum Gasteiger partial charge on any atom is -0.444 e. The summed E-state index contributed by atoms with van der Waals surface area (Å²) in [6.45, 7) is 11.0. The van der Waals surface area contributed by atoms with Crippen LogP contribution in [0.5, 0.6) is 0 Å². The first-order valence-corrected chi connectivity index (χ1v) is 17.1. The fraction of sp³-hybridized carbons (Fsp3) is 0.438. The fourth-order valence-electron chi connectivity index (χ4n) is 4.96. The van der Waals surface area contributed by atoms with E-state index in [1.165, 1.54) is 28.2 Å². The van der Waals surface area contributed by atoms with Crippen LogP contribution in [0.3, 0.4) is 0 Å². The highest BCUT2D eigenvalue weighted by molar-refractivity contribution is 7.99. The molecule has 1 N–H and O–H groups in total. The van der Waals surface area contributed by atoms with Gasteiger partial charge in [0.05, 0.1) is 15.7 Å². The van der Waals surface area contributed by atoms with Crippen molar-refractivity contribution in [3.8, 4) is 11.3 Å². The highest BCUT2D eigenvalue weighted by Gasteiger charge is 2.29. The van der Waals surface area contributed by atoms with Crippen molar-refractivity contribution in [2.24, 2.45) is 0 Å². The average Bonchev–Trinajstić information content (AvgIpc) is 3.45. The Balaban J connectivity index is 1.36. The zero-order valence-corrected chi connectivity index (χ0v) is 29.4. The molecule has 0 saturated carbocycles.